The zero-order chi connectivity index (χ0) is 18.8. The molecule has 0 fully saturated rings. The predicted octanol–water partition coefficient (Wildman–Crippen LogP) is 6.45. The molecule has 140 valence electrons. The number of nitrogens with one attached hydrogen (secondary N) is 1. The first kappa shape index (κ1) is 18.9. The minimum absolute atomic E-state index is 0.187. The van der Waals surface area contributed by atoms with Gasteiger partial charge in [-0.3, -0.25) is 0 Å². The monoisotopic (exact) mass is 438 g/mol. The largest absolute Gasteiger partial charge is 0.373 e. The topological polar surface area (TPSA) is 24.5 Å². The molecule has 1 aromatic heterocycles. The minimum Gasteiger partial charge on any atom is -0.373 e. The van der Waals surface area contributed by atoms with E-state index in [1.807, 2.05) is 36.7 Å². The van der Waals surface area contributed by atoms with Gasteiger partial charge in [0.05, 0.1) is 23.0 Å². The molecule has 0 amide bonds. The van der Waals surface area contributed by atoms with Crippen LogP contribution in [0.15, 0.2) is 54.2 Å². The first-order valence-electron chi connectivity index (χ1n) is 8.47. The summed E-state index contributed by atoms with van der Waals surface area (Å²) in [7, 11) is 0. The van der Waals surface area contributed by atoms with Crippen molar-refractivity contribution in [2.24, 2.45) is 0 Å². The van der Waals surface area contributed by atoms with Crippen LogP contribution in [-0.4, -0.2) is 18.1 Å². The van der Waals surface area contributed by atoms with Gasteiger partial charge >= 0.3 is 0 Å². The zero-order valence-electron chi connectivity index (χ0n) is 14.3. The van der Waals surface area contributed by atoms with Crippen molar-refractivity contribution < 1.29 is 4.74 Å². The van der Waals surface area contributed by atoms with E-state index in [0.29, 0.717) is 23.2 Å². The van der Waals surface area contributed by atoms with Crippen molar-refractivity contribution in [1.82, 2.24) is 10.2 Å². The summed E-state index contributed by atoms with van der Waals surface area (Å²) in [5.41, 5.74) is 2.06. The lowest BCUT2D eigenvalue weighted by Crippen LogP contribution is -2.27. The second kappa shape index (κ2) is 8.29. The van der Waals surface area contributed by atoms with Gasteiger partial charge in [-0.2, -0.15) is 0 Å². The lowest BCUT2D eigenvalue weighted by molar-refractivity contribution is 0.0239. The first-order chi connectivity index (χ1) is 13.1. The quantitative estimate of drug-likeness (QED) is 0.477. The number of hydrogen-bond acceptors (Lipinski definition) is 4. The van der Waals surface area contributed by atoms with Crippen LogP contribution in [0.4, 0.5) is 0 Å². The molecule has 1 aliphatic heterocycles. The smallest absolute Gasteiger partial charge is 0.102 e. The SMILES string of the molecule is Clc1ccc([C@@H](CN2C=CNC2)OCc2csc3c(Cl)cccc23)c(Cl)c1. The summed E-state index contributed by atoms with van der Waals surface area (Å²) < 4.78 is 7.42. The molecule has 7 heteroatoms. The maximum atomic E-state index is 6.45. The fourth-order valence-corrected chi connectivity index (χ4v) is 4.90. The second-order valence-electron chi connectivity index (χ2n) is 6.29. The van der Waals surface area contributed by atoms with E-state index in [-0.39, 0.29) is 6.10 Å². The Hall–Kier alpha value is -1.43. The number of halogens is 3. The van der Waals surface area contributed by atoms with E-state index >= 15 is 0 Å². The molecule has 0 saturated carbocycles. The molecule has 1 atom stereocenters. The molecule has 3 nitrogen and oxygen atoms in total. The molecule has 2 heterocycles. The highest BCUT2D eigenvalue weighted by Crippen LogP contribution is 2.34. The summed E-state index contributed by atoms with van der Waals surface area (Å²) in [6, 6.07) is 11.5. The zero-order valence-corrected chi connectivity index (χ0v) is 17.4. The number of thiophene rings is 1. The van der Waals surface area contributed by atoms with Crippen molar-refractivity contribution in [3.63, 3.8) is 0 Å². The van der Waals surface area contributed by atoms with E-state index in [0.717, 1.165) is 32.9 Å². The Morgan fingerprint density at radius 3 is 2.81 bits per heavy atom. The van der Waals surface area contributed by atoms with Gasteiger partial charge in [0, 0.05) is 34.6 Å². The van der Waals surface area contributed by atoms with Crippen molar-refractivity contribution in [1.29, 1.82) is 0 Å². The highest BCUT2D eigenvalue weighted by atomic mass is 35.5. The lowest BCUT2D eigenvalue weighted by atomic mass is 10.1. The Balaban J connectivity index is 1.58. The van der Waals surface area contributed by atoms with Gasteiger partial charge in [-0.15, -0.1) is 11.3 Å². The minimum atomic E-state index is -0.187. The van der Waals surface area contributed by atoms with Gasteiger partial charge in [-0.05, 0) is 34.5 Å². The highest BCUT2D eigenvalue weighted by molar-refractivity contribution is 7.18. The summed E-state index contributed by atoms with van der Waals surface area (Å²) in [5.74, 6) is 0. The van der Waals surface area contributed by atoms with Crippen LogP contribution in [0.1, 0.15) is 17.2 Å². The molecular weight excluding hydrogens is 423 g/mol. The van der Waals surface area contributed by atoms with Gasteiger partial charge in [0.2, 0.25) is 0 Å². The molecule has 0 spiro atoms. The highest BCUT2D eigenvalue weighted by Gasteiger charge is 2.20. The van der Waals surface area contributed by atoms with Crippen LogP contribution < -0.4 is 5.32 Å². The molecule has 0 aliphatic carbocycles. The molecule has 0 radical (unpaired) electrons. The maximum Gasteiger partial charge on any atom is 0.102 e. The normalized spacial score (nSPS) is 14.7. The van der Waals surface area contributed by atoms with E-state index in [1.54, 1.807) is 17.4 Å². The Morgan fingerprint density at radius 2 is 2.04 bits per heavy atom. The van der Waals surface area contributed by atoms with Gasteiger partial charge < -0.3 is 15.0 Å². The van der Waals surface area contributed by atoms with Crippen molar-refractivity contribution in [2.75, 3.05) is 13.2 Å². The summed E-state index contributed by atoms with van der Waals surface area (Å²) >= 11 is 20.5. The third kappa shape index (κ3) is 4.20. The van der Waals surface area contributed by atoms with E-state index < -0.39 is 0 Å². The van der Waals surface area contributed by atoms with Crippen LogP contribution >= 0.6 is 46.1 Å². The maximum absolute atomic E-state index is 6.45. The Labute approximate surface area is 177 Å². The Morgan fingerprint density at radius 1 is 1.15 bits per heavy atom. The fraction of sp³-hybridized carbons (Fsp3) is 0.200. The first-order valence-corrected chi connectivity index (χ1v) is 10.5. The van der Waals surface area contributed by atoms with Gasteiger partial charge in [0.25, 0.3) is 0 Å². The van der Waals surface area contributed by atoms with Crippen LogP contribution in [-0.2, 0) is 11.3 Å². The summed E-state index contributed by atoms with van der Waals surface area (Å²) in [5, 5.41) is 8.42. The molecule has 3 aromatic rings. The van der Waals surface area contributed by atoms with E-state index in [9.17, 15) is 0 Å². The number of fused-ring (bicyclic) bond motifs is 1. The van der Waals surface area contributed by atoms with Crippen molar-refractivity contribution in [3.05, 3.63) is 80.4 Å². The third-order valence-corrected chi connectivity index (χ3v) is 6.55. The predicted molar refractivity (Wildman–Crippen MR) is 115 cm³/mol. The van der Waals surface area contributed by atoms with Crippen LogP contribution in [0.25, 0.3) is 10.1 Å². The van der Waals surface area contributed by atoms with Gasteiger partial charge in [-0.1, -0.05) is 53.0 Å². The number of rotatable bonds is 6. The van der Waals surface area contributed by atoms with Gasteiger partial charge in [-0.25, -0.2) is 0 Å². The number of nitrogens with zero attached hydrogens (tertiary/aromatic N) is 1. The molecule has 1 aliphatic rings. The standard InChI is InChI=1S/C20H17Cl3N2OS/c21-14-4-5-16(18(23)8-14)19(9-25-7-6-24-12-25)26-10-13-11-27-20-15(13)2-1-3-17(20)22/h1-8,11,19,24H,9-10,12H2/t19-/m1/s1. The fourth-order valence-electron chi connectivity index (χ4n) is 3.10. The van der Waals surface area contributed by atoms with E-state index in [4.69, 9.17) is 39.5 Å². The van der Waals surface area contributed by atoms with Crippen LogP contribution in [0.3, 0.4) is 0 Å². The van der Waals surface area contributed by atoms with Gasteiger partial charge in [0.1, 0.15) is 6.10 Å². The molecule has 4 rings (SSSR count). The number of ether oxygens (including phenoxy) is 1. The van der Waals surface area contributed by atoms with Crippen LogP contribution in [0.2, 0.25) is 15.1 Å². The van der Waals surface area contributed by atoms with Crippen molar-refractivity contribution in [3.8, 4) is 0 Å². The average molecular weight is 440 g/mol. The van der Waals surface area contributed by atoms with Crippen LogP contribution in [0.5, 0.6) is 0 Å². The van der Waals surface area contributed by atoms with Crippen LogP contribution in [0, 0.1) is 0 Å². The Kier molecular flexibility index (Phi) is 5.81. The molecule has 0 saturated heterocycles. The molecule has 0 bridgehead atoms. The molecule has 27 heavy (non-hydrogen) atoms. The summed E-state index contributed by atoms with van der Waals surface area (Å²) in [6.45, 7) is 1.92. The van der Waals surface area contributed by atoms with Crippen molar-refractivity contribution >= 4 is 56.2 Å². The molecule has 0 unspecified atom stereocenters. The number of benzene rings is 2. The average Bonchev–Trinajstić information content (AvgIpc) is 3.29. The lowest BCUT2D eigenvalue weighted by Gasteiger charge is -2.25. The van der Waals surface area contributed by atoms with Gasteiger partial charge in [0.15, 0.2) is 0 Å². The summed E-state index contributed by atoms with van der Waals surface area (Å²) in [6.07, 6.45) is 3.75. The molecule has 1 N–H and O–H groups in total. The second-order valence-corrected chi connectivity index (χ2v) is 8.42. The molecular formula is C20H17Cl3N2OS. The van der Waals surface area contributed by atoms with E-state index in [1.165, 1.54) is 0 Å². The molecule has 2 aromatic carbocycles. The summed E-state index contributed by atoms with van der Waals surface area (Å²) in [4.78, 5) is 2.15. The van der Waals surface area contributed by atoms with Crippen molar-refractivity contribution in [2.45, 2.75) is 12.7 Å². The Bertz CT molecular complexity index is 989. The van der Waals surface area contributed by atoms with E-state index in [2.05, 4.69) is 21.7 Å². The number of hydrogen-bond donors (Lipinski definition) is 1. The third-order valence-electron chi connectivity index (χ3n) is 4.48.